The van der Waals surface area contributed by atoms with E-state index < -0.39 is 5.97 Å². The van der Waals surface area contributed by atoms with Gasteiger partial charge in [-0.05, 0) is 32.8 Å². The third-order valence-corrected chi connectivity index (χ3v) is 3.47. The summed E-state index contributed by atoms with van der Waals surface area (Å²) in [5.41, 5.74) is 1.36. The Balaban J connectivity index is 2.20. The Morgan fingerprint density at radius 2 is 2.26 bits per heavy atom. The van der Waals surface area contributed by atoms with E-state index in [4.69, 9.17) is 5.11 Å². The molecular formula is C13H19N3O3. The standard InChI is InChI=1S/C13H19N3O3/c1-3-16-11(7-9(2)14-16)13(19)15-6-4-5-10(15)8-12(17)18/h7,10H,3-6,8H2,1-2H3,(H,17,18). The lowest BCUT2D eigenvalue weighted by Gasteiger charge is -2.23. The molecule has 2 rings (SSSR count). The normalized spacial score (nSPS) is 18.8. The van der Waals surface area contributed by atoms with Crippen LogP contribution in [-0.4, -0.2) is 44.3 Å². The van der Waals surface area contributed by atoms with Crippen LogP contribution >= 0.6 is 0 Å². The predicted molar refractivity (Wildman–Crippen MR) is 68.9 cm³/mol. The van der Waals surface area contributed by atoms with E-state index >= 15 is 0 Å². The molecule has 1 unspecified atom stereocenters. The lowest BCUT2D eigenvalue weighted by Crippen LogP contribution is -2.37. The number of aromatic nitrogens is 2. The fourth-order valence-corrected chi connectivity index (χ4v) is 2.62. The summed E-state index contributed by atoms with van der Waals surface area (Å²) >= 11 is 0. The summed E-state index contributed by atoms with van der Waals surface area (Å²) in [5.74, 6) is -0.962. The van der Waals surface area contributed by atoms with Gasteiger partial charge in [-0.15, -0.1) is 0 Å². The number of aliphatic carboxylic acids is 1. The summed E-state index contributed by atoms with van der Waals surface area (Å²) in [7, 11) is 0. The van der Waals surface area contributed by atoms with E-state index in [2.05, 4.69) is 5.10 Å². The number of amides is 1. The molecule has 0 aromatic carbocycles. The van der Waals surface area contributed by atoms with E-state index in [-0.39, 0.29) is 18.4 Å². The summed E-state index contributed by atoms with van der Waals surface area (Å²) in [4.78, 5) is 25.0. The Morgan fingerprint density at radius 3 is 2.89 bits per heavy atom. The van der Waals surface area contributed by atoms with E-state index in [9.17, 15) is 9.59 Å². The minimum Gasteiger partial charge on any atom is -0.481 e. The fourth-order valence-electron chi connectivity index (χ4n) is 2.62. The average molecular weight is 265 g/mol. The first kappa shape index (κ1) is 13.6. The van der Waals surface area contributed by atoms with Crippen LogP contribution in [0.3, 0.4) is 0 Å². The molecule has 1 aromatic rings. The second-order valence-corrected chi connectivity index (χ2v) is 4.88. The molecule has 0 bridgehead atoms. The molecule has 6 heteroatoms. The second-order valence-electron chi connectivity index (χ2n) is 4.88. The number of hydrogen-bond donors (Lipinski definition) is 1. The van der Waals surface area contributed by atoms with Gasteiger partial charge in [0.1, 0.15) is 5.69 Å². The lowest BCUT2D eigenvalue weighted by molar-refractivity contribution is -0.137. The van der Waals surface area contributed by atoms with Crippen LogP contribution in [0.25, 0.3) is 0 Å². The Hall–Kier alpha value is -1.85. The first-order valence-corrected chi connectivity index (χ1v) is 6.60. The Morgan fingerprint density at radius 1 is 1.53 bits per heavy atom. The van der Waals surface area contributed by atoms with Gasteiger partial charge in [0, 0.05) is 19.1 Å². The summed E-state index contributed by atoms with van der Waals surface area (Å²) in [6, 6.07) is 1.58. The van der Waals surface area contributed by atoms with E-state index in [0.717, 1.165) is 18.5 Å². The van der Waals surface area contributed by atoms with Gasteiger partial charge in [-0.25, -0.2) is 0 Å². The van der Waals surface area contributed by atoms with E-state index in [0.29, 0.717) is 18.8 Å². The van der Waals surface area contributed by atoms with Gasteiger partial charge in [-0.2, -0.15) is 5.10 Å². The zero-order valence-electron chi connectivity index (χ0n) is 11.3. The summed E-state index contributed by atoms with van der Waals surface area (Å²) < 4.78 is 1.67. The number of likely N-dealkylation sites (tertiary alicyclic amines) is 1. The molecule has 0 saturated carbocycles. The van der Waals surface area contributed by atoms with E-state index in [1.54, 1.807) is 15.6 Å². The molecule has 2 heterocycles. The molecule has 0 aliphatic carbocycles. The van der Waals surface area contributed by atoms with Gasteiger partial charge in [0.05, 0.1) is 12.1 Å². The smallest absolute Gasteiger partial charge is 0.305 e. The van der Waals surface area contributed by atoms with Crippen molar-refractivity contribution < 1.29 is 14.7 Å². The van der Waals surface area contributed by atoms with Crippen molar-refractivity contribution in [1.29, 1.82) is 0 Å². The van der Waals surface area contributed by atoms with Crippen molar-refractivity contribution in [1.82, 2.24) is 14.7 Å². The van der Waals surface area contributed by atoms with Crippen molar-refractivity contribution >= 4 is 11.9 Å². The molecule has 1 N–H and O–H groups in total. The summed E-state index contributed by atoms with van der Waals surface area (Å²) in [5, 5.41) is 13.2. The van der Waals surface area contributed by atoms with Crippen LogP contribution in [0.15, 0.2) is 6.07 Å². The number of carbonyl (C=O) groups is 2. The van der Waals surface area contributed by atoms with E-state index in [1.807, 2.05) is 13.8 Å². The maximum Gasteiger partial charge on any atom is 0.305 e. The molecule has 1 atom stereocenters. The second kappa shape index (κ2) is 5.42. The van der Waals surface area contributed by atoms with Crippen molar-refractivity contribution in [2.45, 2.75) is 45.7 Å². The molecular weight excluding hydrogens is 246 g/mol. The molecule has 1 aliphatic rings. The van der Waals surface area contributed by atoms with Crippen LogP contribution in [-0.2, 0) is 11.3 Å². The van der Waals surface area contributed by atoms with Crippen LogP contribution in [0, 0.1) is 6.92 Å². The molecule has 1 amide bonds. The first-order valence-electron chi connectivity index (χ1n) is 6.60. The highest BCUT2D eigenvalue weighted by Gasteiger charge is 2.32. The van der Waals surface area contributed by atoms with Crippen molar-refractivity contribution in [2.24, 2.45) is 0 Å². The molecule has 0 spiro atoms. The molecule has 0 radical (unpaired) electrons. The van der Waals surface area contributed by atoms with Gasteiger partial charge in [-0.3, -0.25) is 14.3 Å². The SMILES string of the molecule is CCn1nc(C)cc1C(=O)N1CCCC1CC(=O)O. The zero-order chi connectivity index (χ0) is 14.0. The van der Waals surface area contributed by atoms with Gasteiger partial charge >= 0.3 is 5.97 Å². The lowest BCUT2D eigenvalue weighted by atomic mass is 10.1. The number of carboxylic acids is 1. The largest absolute Gasteiger partial charge is 0.481 e. The Kier molecular flexibility index (Phi) is 3.87. The number of carboxylic acid groups (broad SMARTS) is 1. The van der Waals surface area contributed by atoms with Crippen LogP contribution < -0.4 is 0 Å². The van der Waals surface area contributed by atoms with Gasteiger partial charge in [0.25, 0.3) is 5.91 Å². The summed E-state index contributed by atoms with van der Waals surface area (Å²) in [6.07, 6.45) is 1.64. The number of rotatable bonds is 4. The highest BCUT2D eigenvalue weighted by molar-refractivity contribution is 5.93. The van der Waals surface area contributed by atoms with Gasteiger partial charge < -0.3 is 10.0 Å². The number of aryl methyl sites for hydroxylation is 2. The fraction of sp³-hybridized carbons (Fsp3) is 0.615. The Labute approximate surface area is 112 Å². The van der Waals surface area contributed by atoms with Crippen LogP contribution in [0.4, 0.5) is 0 Å². The highest BCUT2D eigenvalue weighted by Crippen LogP contribution is 2.22. The molecule has 1 aromatic heterocycles. The molecule has 1 aliphatic heterocycles. The van der Waals surface area contributed by atoms with Crippen LogP contribution in [0.2, 0.25) is 0 Å². The van der Waals surface area contributed by atoms with Crippen LogP contribution in [0.1, 0.15) is 42.4 Å². The third-order valence-electron chi connectivity index (χ3n) is 3.47. The minimum atomic E-state index is -0.857. The molecule has 6 nitrogen and oxygen atoms in total. The number of hydrogen-bond acceptors (Lipinski definition) is 3. The number of carbonyl (C=O) groups excluding carboxylic acids is 1. The third kappa shape index (κ3) is 2.77. The van der Waals surface area contributed by atoms with Gasteiger partial charge in [0.15, 0.2) is 0 Å². The quantitative estimate of drug-likeness (QED) is 0.890. The molecule has 19 heavy (non-hydrogen) atoms. The maximum absolute atomic E-state index is 12.5. The van der Waals surface area contributed by atoms with Crippen molar-refractivity contribution in [2.75, 3.05) is 6.54 Å². The molecule has 104 valence electrons. The van der Waals surface area contributed by atoms with Crippen LogP contribution in [0.5, 0.6) is 0 Å². The van der Waals surface area contributed by atoms with Crippen molar-refractivity contribution in [3.05, 3.63) is 17.5 Å². The van der Waals surface area contributed by atoms with Crippen molar-refractivity contribution in [3.63, 3.8) is 0 Å². The zero-order valence-corrected chi connectivity index (χ0v) is 11.3. The molecule has 1 fully saturated rings. The van der Waals surface area contributed by atoms with E-state index in [1.165, 1.54) is 0 Å². The average Bonchev–Trinajstić information content (AvgIpc) is 2.94. The van der Waals surface area contributed by atoms with Gasteiger partial charge in [-0.1, -0.05) is 0 Å². The topological polar surface area (TPSA) is 75.4 Å². The summed E-state index contributed by atoms with van der Waals surface area (Å²) in [6.45, 7) is 5.04. The number of nitrogens with zero attached hydrogens (tertiary/aromatic N) is 3. The van der Waals surface area contributed by atoms with Gasteiger partial charge in [0.2, 0.25) is 0 Å². The monoisotopic (exact) mass is 265 g/mol. The Bertz CT molecular complexity index is 495. The maximum atomic E-state index is 12.5. The van der Waals surface area contributed by atoms with Crippen molar-refractivity contribution in [3.8, 4) is 0 Å². The first-order chi connectivity index (χ1) is 9.02. The highest BCUT2D eigenvalue weighted by atomic mass is 16.4. The predicted octanol–water partition coefficient (Wildman–Crippen LogP) is 1.29. The minimum absolute atomic E-state index is 0.0188. The molecule has 1 saturated heterocycles.